The molecule has 5 nitrogen and oxygen atoms in total. The molecule has 0 fully saturated rings. The Labute approximate surface area is 112 Å². The monoisotopic (exact) mass is 280 g/mol. The van der Waals surface area contributed by atoms with Gasteiger partial charge >= 0.3 is 0 Å². The predicted octanol–water partition coefficient (Wildman–Crippen LogP) is 3.22. The van der Waals surface area contributed by atoms with Gasteiger partial charge < -0.3 is 4.74 Å². The molecule has 18 heavy (non-hydrogen) atoms. The molecule has 3 aromatic rings. The van der Waals surface area contributed by atoms with Crippen molar-refractivity contribution >= 4 is 28.8 Å². The summed E-state index contributed by atoms with van der Waals surface area (Å²) in [6, 6.07) is 10.4. The summed E-state index contributed by atoms with van der Waals surface area (Å²) in [7, 11) is 0. The van der Waals surface area contributed by atoms with Crippen molar-refractivity contribution in [1.29, 1.82) is 0 Å². The van der Waals surface area contributed by atoms with Crippen LogP contribution in [-0.2, 0) is 0 Å². The van der Waals surface area contributed by atoms with E-state index in [-0.39, 0.29) is 5.28 Å². The third-order valence-electron chi connectivity index (χ3n) is 2.24. The van der Waals surface area contributed by atoms with E-state index in [2.05, 4.69) is 15.3 Å². The van der Waals surface area contributed by atoms with Crippen molar-refractivity contribution in [2.75, 3.05) is 0 Å². The number of hydrogen-bond acceptors (Lipinski definition) is 4. The summed E-state index contributed by atoms with van der Waals surface area (Å²) in [5, 5.41) is 12.5. The van der Waals surface area contributed by atoms with E-state index in [1.54, 1.807) is 36.4 Å². The zero-order chi connectivity index (χ0) is 12.5. The molecule has 90 valence electrons. The average Bonchev–Trinajstić information content (AvgIpc) is 2.74. The van der Waals surface area contributed by atoms with Gasteiger partial charge in [-0.3, -0.25) is 0 Å². The maximum atomic E-state index is 5.82. The number of hydrogen-bond donors (Lipinski definition) is 0. The van der Waals surface area contributed by atoms with Gasteiger partial charge in [-0.25, -0.2) is 0 Å². The lowest BCUT2D eigenvalue weighted by molar-refractivity contribution is 0.452. The average molecular weight is 281 g/mol. The molecule has 0 saturated heterocycles. The van der Waals surface area contributed by atoms with Crippen LogP contribution in [0.1, 0.15) is 0 Å². The molecular weight excluding hydrogens is 275 g/mol. The summed E-state index contributed by atoms with van der Waals surface area (Å²) < 4.78 is 6.96. The highest BCUT2D eigenvalue weighted by Crippen LogP contribution is 2.21. The van der Waals surface area contributed by atoms with Crippen LogP contribution in [0, 0.1) is 0 Å². The second-order valence-corrected chi connectivity index (χ2v) is 4.24. The molecule has 0 amide bonds. The van der Waals surface area contributed by atoms with Crippen LogP contribution in [0.25, 0.3) is 5.65 Å². The first-order valence-corrected chi connectivity index (χ1v) is 5.79. The Bertz CT molecular complexity index is 696. The number of benzene rings is 1. The number of ether oxygens (including phenoxy) is 1. The number of rotatable bonds is 2. The summed E-state index contributed by atoms with van der Waals surface area (Å²) in [6.45, 7) is 0. The SMILES string of the molecule is Clc1ccc(Oc2ccc3nnc(Cl)n3n2)cc1. The van der Waals surface area contributed by atoms with Crippen LogP contribution in [0.2, 0.25) is 10.3 Å². The fourth-order valence-electron chi connectivity index (χ4n) is 1.42. The Kier molecular flexibility index (Phi) is 2.77. The normalized spacial score (nSPS) is 10.8. The molecule has 0 radical (unpaired) electrons. The first-order chi connectivity index (χ1) is 8.72. The van der Waals surface area contributed by atoms with Crippen molar-refractivity contribution in [1.82, 2.24) is 19.8 Å². The maximum Gasteiger partial charge on any atom is 0.246 e. The fraction of sp³-hybridized carbons (Fsp3) is 0. The van der Waals surface area contributed by atoms with E-state index in [1.165, 1.54) is 4.52 Å². The molecular formula is C11H6Cl2N4O. The zero-order valence-corrected chi connectivity index (χ0v) is 10.4. The first-order valence-electron chi connectivity index (χ1n) is 5.04. The molecule has 0 aliphatic carbocycles. The Hall–Kier alpha value is -1.85. The summed E-state index contributed by atoms with van der Waals surface area (Å²) in [6.07, 6.45) is 0. The van der Waals surface area contributed by atoms with E-state index >= 15 is 0 Å². The molecule has 2 heterocycles. The Morgan fingerprint density at radius 2 is 1.72 bits per heavy atom. The van der Waals surface area contributed by atoms with Crippen molar-refractivity contribution in [3.05, 3.63) is 46.7 Å². The molecule has 0 aliphatic rings. The molecule has 1 aromatic carbocycles. The van der Waals surface area contributed by atoms with E-state index in [1.807, 2.05) is 0 Å². The minimum Gasteiger partial charge on any atom is -0.438 e. The van der Waals surface area contributed by atoms with Crippen LogP contribution < -0.4 is 4.74 Å². The molecule has 0 unspecified atom stereocenters. The van der Waals surface area contributed by atoms with Crippen molar-refractivity contribution in [2.24, 2.45) is 0 Å². The van der Waals surface area contributed by atoms with Gasteiger partial charge in [0.15, 0.2) is 5.65 Å². The number of fused-ring (bicyclic) bond motifs is 1. The third kappa shape index (κ3) is 2.10. The highest BCUT2D eigenvalue weighted by Gasteiger charge is 2.06. The number of halogens is 2. The van der Waals surface area contributed by atoms with Gasteiger partial charge in [-0.2, -0.15) is 4.52 Å². The molecule has 2 aromatic heterocycles. The molecule has 0 bridgehead atoms. The van der Waals surface area contributed by atoms with Crippen molar-refractivity contribution in [2.45, 2.75) is 0 Å². The molecule has 0 atom stereocenters. The quantitative estimate of drug-likeness (QED) is 0.723. The smallest absolute Gasteiger partial charge is 0.246 e. The maximum absolute atomic E-state index is 5.82. The second kappa shape index (κ2) is 4.44. The van der Waals surface area contributed by atoms with Crippen LogP contribution in [0.4, 0.5) is 0 Å². The molecule has 0 aliphatic heterocycles. The molecule has 7 heteroatoms. The van der Waals surface area contributed by atoms with Crippen LogP contribution >= 0.6 is 23.2 Å². The lowest BCUT2D eigenvalue weighted by Gasteiger charge is -2.04. The highest BCUT2D eigenvalue weighted by molar-refractivity contribution is 6.30. The van der Waals surface area contributed by atoms with E-state index in [0.717, 1.165) is 0 Å². The van der Waals surface area contributed by atoms with Crippen molar-refractivity contribution in [3.63, 3.8) is 0 Å². The van der Waals surface area contributed by atoms with Gasteiger partial charge in [0.05, 0.1) is 0 Å². The number of aromatic nitrogens is 4. The lowest BCUT2D eigenvalue weighted by atomic mass is 10.3. The van der Waals surface area contributed by atoms with Gasteiger partial charge in [-0.1, -0.05) is 11.6 Å². The summed E-state index contributed by atoms with van der Waals surface area (Å²) in [5.74, 6) is 1.03. The zero-order valence-electron chi connectivity index (χ0n) is 8.92. The molecule has 0 N–H and O–H groups in total. The van der Waals surface area contributed by atoms with Gasteiger partial charge in [0.25, 0.3) is 0 Å². The largest absolute Gasteiger partial charge is 0.438 e. The third-order valence-corrected chi connectivity index (χ3v) is 2.72. The Balaban J connectivity index is 1.94. The van der Waals surface area contributed by atoms with E-state index in [9.17, 15) is 0 Å². The van der Waals surface area contributed by atoms with Crippen LogP contribution in [0.5, 0.6) is 11.6 Å². The van der Waals surface area contributed by atoms with Crippen LogP contribution in [-0.4, -0.2) is 19.8 Å². The highest BCUT2D eigenvalue weighted by atomic mass is 35.5. The molecule has 0 saturated carbocycles. The van der Waals surface area contributed by atoms with Crippen molar-refractivity contribution < 1.29 is 4.74 Å². The summed E-state index contributed by atoms with van der Waals surface area (Å²) >= 11 is 11.6. The fourth-order valence-corrected chi connectivity index (χ4v) is 1.71. The lowest BCUT2D eigenvalue weighted by Crippen LogP contribution is -1.95. The van der Waals surface area contributed by atoms with Crippen LogP contribution in [0.15, 0.2) is 36.4 Å². The van der Waals surface area contributed by atoms with Crippen LogP contribution in [0.3, 0.4) is 0 Å². The van der Waals surface area contributed by atoms with E-state index in [4.69, 9.17) is 27.9 Å². The Morgan fingerprint density at radius 3 is 2.50 bits per heavy atom. The molecule has 3 rings (SSSR count). The van der Waals surface area contributed by atoms with E-state index in [0.29, 0.717) is 22.3 Å². The van der Waals surface area contributed by atoms with Gasteiger partial charge in [-0.15, -0.1) is 15.3 Å². The van der Waals surface area contributed by atoms with Gasteiger partial charge in [0.1, 0.15) is 5.75 Å². The molecule has 0 spiro atoms. The van der Waals surface area contributed by atoms with Gasteiger partial charge in [-0.05, 0) is 41.9 Å². The minimum absolute atomic E-state index is 0.187. The summed E-state index contributed by atoms with van der Waals surface area (Å²) in [5.41, 5.74) is 0.559. The van der Waals surface area contributed by atoms with Gasteiger partial charge in [0, 0.05) is 11.1 Å². The predicted molar refractivity (Wildman–Crippen MR) is 67.3 cm³/mol. The van der Waals surface area contributed by atoms with E-state index < -0.39 is 0 Å². The minimum atomic E-state index is 0.187. The number of nitrogens with zero attached hydrogens (tertiary/aromatic N) is 4. The second-order valence-electron chi connectivity index (χ2n) is 3.47. The first kappa shape index (κ1) is 11.3. The Morgan fingerprint density at radius 1 is 0.944 bits per heavy atom. The summed E-state index contributed by atoms with van der Waals surface area (Å²) in [4.78, 5) is 0. The standard InChI is InChI=1S/C11H6Cl2N4O/c12-7-1-3-8(4-2-7)18-10-6-5-9-14-15-11(13)17(9)16-10/h1-6H. The van der Waals surface area contributed by atoms with Gasteiger partial charge in [0.2, 0.25) is 11.2 Å². The van der Waals surface area contributed by atoms with Crippen molar-refractivity contribution in [3.8, 4) is 11.6 Å². The topological polar surface area (TPSA) is 52.3 Å².